The second-order valence-electron chi connectivity index (χ2n) is 6.92. The molecule has 4 nitrogen and oxygen atoms in total. The molecule has 2 aromatic carbocycles. The first kappa shape index (κ1) is 19.0. The maximum Gasteiger partial charge on any atom is 0.261 e. The quantitative estimate of drug-likeness (QED) is 0.860. The molecule has 0 aliphatic carbocycles. The summed E-state index contributed by atoms with van der Waals surface area (Å²) in [7, 11) is 0. The minimum atomic E-state index is -0.920. The first-order chi connectivity index (χ1) is 12.9. The monoisotopic (exact) mass is 372 g/mol. The van der Waals surface area contributed by atoms with Crippen molar-refractivity contribution in [1.29, 1.82) is 0 Å². The third kappa shape index (κ3) is 3.99. The Bertz CT molecular complexity index is 862. The Morgan fingerprint density at radius 2 is 1.81 bits per heavy atom. The van der Waals surface area contributed by atoms with Crippen molar-refractivity contribution in [2.75, 3.05) is 11.9 Å². The largest absolute Gasteiger partial charge is 0.336 e. The Morgan fingerprint density at radius 1 is 1.11 bits per heavy atom. The Labute approximate surface area is 157 Å². The van der Waals surface area contributed by atoms with Crippen LogP contribution in [0.4, 0.5) is 14.5 Å². The first-order valence-electron chi connectivity index (χ1n) is 9.05. The van der Waals surface area contributed by atoms with Crippen LogP contribution in [0.2, 0.25) is 0 Å². The fourth-order valence-corrected chi connectivity index (χ4v) is 3.40. The highest BCUT2D eigenvalue weighted by atomic mass is 19.1. The van der Waals surface area contributed by atoms with Gasteiger partial charge < -0.3 is 10.2 Å². The van der Waals surface area contributed by atoms with Crippen molar-refractivity contribution >= 4 is 17.5 Å². The zero-order valence-electron chi connectivity index (χ0n) is 15.4. The van der Waals surface area contributed by atoms with Gasteiger partial charge in [-0.15, -0.1) is 0 Å². The van der Waals surface area contributed by atoms with E-state index in [1.54, 1.807) is 25.1 Å². The number of rotatable bonds is 3. The van der Waals surface area contributed by atoms with Crippen LogP contribution in [0, 0.1) is 18.6 Å². The third-order valence-corrected chi connectivity index (χ3v) is 4.98. The highest BCUT2D eigenvalue weighted by Crippen LogP contribution is 2.23. The summed E-state index contributed by atoms with van der Waals surface area (Å²) in [6.07, 6.45) is 3.12. The molecule has 1 saturated heterocycles. The van der Waals surface area contributed by atoms with Crippen LogP contribution >= 0.6 is 0 Å². The summed E-state index contributed by atoms with van der Waals surface area (Å²) >= 11 is 0. The number of amides is 2. The lowest BCUT2D eigenvalue weighted by molar-refractivity contribution is 0.0635. The molecule has 1 heterocycles. The highest BCUT2D eigenvalue weighted by molar-refractivity contribution is 6.05. The van der Waals surface area contributed by atoms with Crippen LogP contribution in [0.1, 0.15) is 52.5 Å². The molecule has 1 unspecified atom stereocenters. The van der Waals surface area contributed by atoms with Crippen LogP contribution in [0.3, 0.4) is 0 Å². The van der Waals surface area contributed by atoms with Crippen molar-refractivity contribution in [3.8, 4) is 0 Å². The molecule has 27 heavy (non-hydrogen) atoms. The number of hydrogen-bond donors (Lipinski definition) is 1. The molecule has 0 bridgehead atoms. The van der Waals surface area contributed by atoms with Gasteiger partial charge >= 0.3 is 0 Å². The van der Waals surface area contributed by atoms with Gasteiger partial charge in [0.1, 0.15) is 17.2 Å². The van der Waals surface area contributed by atoms with Crippen molar-refractivity contribution in [1.82, 2.24) is 4.90 Å². The average Bonchev–Trinajstić information content (AvgIpc) is 2.63. The topological polar surface area (TPSA) is 49.4 Å². The maximum atomic E-state index is 13.8. The summed E-state index contributed by atoms with van der Waals surface area (Å²) in [6, 6.07) is 8.39. The number of aryl methyl sites for hydroxylation is 1. The van der Waals surface area contributed by atoms with Crippen molar-refractivity contribution in [3.63, 3.8) is 0 Å². The summed E-state index contributed by atoms with van der Waals surface area (Å²) < 4.78 is 27.5. The molecule has 0 radical (unpaired) electrons. The molecule has 3 rings (SSSR count). The molecule has 0 aromatic heterocycles. The SMILES string of the molecule is Cc1cc(C(=O)N2CCCCC2C)ccc1NC(=O)c1c(F)cccc1F. The molecule has 1 aliphatic heterocycles. The van der Waals surface area contributed by atoms with E-state index in [1.807, 2.05) is 11.8 Å². The van der Waals surface area contributed by atoms with Crippen molar-refractivity contribution in [3.05, 3.63) is 64.7 Å². The molecule has 1 atom stereocenters. The van der Waals surface area contributed by atoms with Gasteiger partial charge in [-0.1, -0.05) is 6.07 Å². The van der Waals surface area contributed by atoms with E-state index < -0.39 is 23.1 Å². The second-order valence-corrected chi connectivity index (χ2v) is 6.92. The molecule has 2 amide bonds. The fourth-order valence-electron chi connectivity index (χ4n) is 3.40. The van der Waals surface area contributed by atoms with E-state index in [0.717, 1.165) is 37.9 Å². The number of hydrogen-bond acceptors (Lipinski definition) is 2. The van der Waals surface area contributed by atoms with Gasteiger partial charge in [0.15, 0.2) is 0 Å². The van der Waals surface area contributed by atoms with Gasteiger partial charge in [-0.25, -0.2) is 8.78 Å². The van der Waals surface area contributed by atoms with Gasteiger partial charge in [0, 0.05) is 23.8 Å². The summed E-state index contributed by atoms with van der Waals surface area (Å²) in [4.78, 5) is 26.9. The van der Waals surface area contributed by atoms with Crippen LogP contribution in [0.5, 0.6) is 0 Å². The van der Waals surface area contributed by atoms with E-state index in [4.69, 9.17) is 0 Å². The molecule has 142 valence electrons. The number of benzene rings is 2. The Balaban J connectivity index is 1.79. The molecule has 0 spiro atoms. The average molecular weight is 372 g/mol. The predicted molar refractivity (Wildman–Crippen MR) is 99.8 cm³/mol. The normalized spacial score (nSPS) is 16.9. The van der Waals surface area contributed by atoms with E-state index in [9.17, 15) is 18.4 Å². The molecule has 1 aliphatic rings. The van der Waals surface area contributed by atoms with Gasteiger partial charge in [-0.2, -0.15) is 0 Å². The van der Waals surface area contributed by atoms with E-state index >= 15 is 0 Å². The smallest absolute Gasteiger partial charge is 0.261 e. The number of halogens is 2. The summed E-state index contributed by atoms with van der Waals surface area (Å²) in [5, 5.41) is 2.52. The molecule has 0 saturated carbocycles. The molecular formula is C21H22F2N2O2. The molecular weight excluding hydrogens is 350 g/mol. The van der Waals surface area contributed by atoms with E-state index in [1.165, 1.54) is 6.07 Å². The number of anilines is 1. The highest BCUT2D eigenvalue weighted by Gasteiger charge is 2.24. The summed E-state index contributed by atoms with van der Waals surface area (Å²) in [6.45, 7) is 4.52. The number of carbonyl (C=O) groups excluding carboxylic acids is 2. The summed E-state index contributed by atoms with van der Waals surface area (Å²) in [5.74, 6) is -2.74. The Hall–Kier alpha value is -2.76. The molecule has 1 N–H and O–H groups in total. The number of nitrogens with zero attached hydrogens (tertiary/aromatic N) is 1. The van der Waals surface area contributed by atoms with Crippen LogP contribution in [0.25, 0.3) is 0 Å². The van der Waals surface area contributed by atoms with Gasteiger partial charge in [0.25, 0.3) is 11.8 Å². The van der Waals surface area contributed by atoms with Gasteiger partial charge in [0.05, 0.1) is 0 Å². The van der Waals surface area contributed by atoms with E-state index in [0.29, 0.717) is 16.8 Å². The maximum absolute atomic E-state index is 13.8. The van der Waals surface area contributed by atoms with Crippen LogP contribution in [-0.4, -0.2) is 29.3 Å². The lowest BCUT2D eigenvalue weighted by Crippen LogP contribution is -2.42. The number of carbonyl (C=O) groups is 2. The van der Waals surface area contributed by atoms with Crippen molar-refractivity contribution in [2.45, 2.75) is 39.2 Å². The lowest BCUT2D eigenvalue weighted by atomic mass is 10.0. The zero-order chi connectivity index (χ0) is 19.6. The zero-order valence-corrected chi connectivity index (χ0v) is 15.4. The number of piperidine rings is 1. The minimum absolute atomic E-state index is 0.0386. The Kier molecular flexibility index (Phi) is 5.54. The molecule has 2 aromatic rings. The fraction of sp³-hybridized carbons (Fsp3) is 0.333. The van der Waals surface area contributed by atoms with E-state index in [2.05, 4.69) is 5.32 Å². The summed E-state index contributed by atoms with van der Waals surface area (Å²) in [5.41, 5.74) is 0.969. The lowest BCUT2D eigenvalue weighted by Gasteiger charge is -2.33. The van der Waals surface area contributed by atoms with Crippen molar-refractivity contribution in [2.24, 2.45) is 0 Å². The number of likely N-dealkylation sites (tertiary alicyclic amines) is 1. The third-order valence-electron chi connectivity index (χ3n) is 4.98. The first-order valence-corrected chi connectivity index (χ1v) is 9.05. The van der Waals surface area contributed by atoms with Gasteiger partial charge in [-0.05, 0) is 69.0 Å². The van der Waals surface area contributed by atoms with Crippen LogP contribution < -0.4 is 5.32 Å². The van der Waals surface area contributed by atoms with E-state index in [-0.39, 0.29) is 11.9 Å². The van der Waals surface area contributed by atoms with Gasteiger partial charge in [-0.3, -0.25) is 9.59 Å². The molecule has 1 fully saturated rings. The van der Waals surface area contributed by atoms with Gasteiger partial charge in [0.2, 0.25) is 0 Å². The van der Waals surface area contributed by atoms with Crippen LogP contribution in [0.15, 0.2) is 36.4 Å². The number of nitrogens with one attached hydrogen (secondary N) is 1. The Morgan fingerprint density at radius 3 is 2.44 bits per heavy atom. The second kappa shape index (κ2) is 7.86. The standard InChI is InChI=1S/C21H22F2N2O2/c1-13-12-15(21(27)25-11-4-3-6-14(25)2)9-10-18(13)24-20(26)19-16(22)7-5-8-17(19)23/h5,7-10,12,14H,3-4,6,11H2,1-2H3,(H,24,26). The van der Waals surface area contributed by atoms with Crippen molar-refractivity contribution < 1.29 is 18.4 Å². The minimum Gasteiger partial charge on any atom is -0.336 e. The molecule has 6 heteroatoms. The predicted octanol–water partition coefficient (Wildman–Crippen LogP) is 4.54. The van der Waals surface area contributed by atoms with Crippen LogP contribution in [-0.2, 0) is 0 Å².